The van der Waals surface area contributed by atoms with Gasteiger partial charge in [-0.3, -0.25) is 14.9 Å². The fourth-order valence-corrected chi connectivity index (χ4v) is 2.00. The zero-order chi connectivity index (χ0) is 16.8. The van der Waals surface area contributed by atoms with Crippen LogP contribution >= 0.6 is 11.6 Å². The Hall–Kier alpha value is -3.17. The lowest BCUT2D eigenvalue weighted by atomic mass is 10.1. The Morgan fingerprint density at radius 2 is 2.00 bits per heavy atom. The highest BCUT2D eigenvalue weighted by atomic mass is 35.5. The van der Waals surface area contributed by atoms with Gasteiger partial charge in [-0.15, -0.1) is 0 Å². The summed E-state index contributed by atoms with van der Waals surface area (Å²) in [6.07, 6.45) is 1.28. The summed E-state index contributed by atoms with van der Waals surface area (Å²) in [6, 6.07) is 13.9. The van der Waals surface area contributed by atoms with Crippen LogP contribution in [0.2, 0.25) is 5.02 Å². The van der Waals surface area contributed by atoms with Crippen LogP contribution in [0.15, 0.2) is 54.1 Å². The Balaban J connectivity index is 2.25. The fraction of sp³-hybridized carbons (Fsp3) is 0. The summed E-state index contributed by atoms with van der Waals surface area (Å²) < 4.78 is 0. The predicted molar refractivity (Wildman–Crippen MR) is 86.8 cm³/mol. The van der Waals surface area contributed by atoms with E-state index < -0.39 is 10.8 Å². The third-order valence-electron chi connectivity index (χ3n) is 2.84. The number of carbonyl (C=O) groups excluding carboxylic acids is 1. The van der Waals surface area contributed by atoms with Crippen LogP contribution in [-0.2, 0) is 4.79 Å². The van der Waals surface area contributed by atoms with Crippen molar-refractivity contribution in [3.8, 4) is 6.07 Å². The van der Waals surface area contributed by atoms with E-state index in [1.165, 1.54) is 24.3 Å². The molecule has 0 bridgehead atoms. The molecule has 0 spiro atoms. The first-order chi connectivity index (χ1) is 11.0. The molecule has 2 aromatic carbocycles. The molecular formula is C16H10ClN3O3. The van der Waals surface area contributed by atoms with E-state index in [1.54, 1.807) is 36.4 Å². The molecule has 2 rings (SSSR count). The molecule has 0 saturated heterocycles. The highest BCUT2D eigenvalue weighted by Gasteiger charge is 2.11. The minimum Gasteiger partial charge on any atom is -0.321 e. The molecule has 0 aromatic heterocycles. The first-order valence-corrected chi connectivity index (χ1v) is 6.80. The number of benzene rings is 2. The normalized spacial score (nSPS) is 10.7. The molecule has 6 nitrogen and oxygen atoms in total. The SMILES string of the molecule is N#C/C(=C\c1cccc([N+](=O)[O-])c1)C(=O)Nc1cccc(Cl)c1. The maximum Gasteiger partial charge on any atom is 0.270 e. The lowest BCUT2D eigenvalue weighted by Crippen LogP contribution is -2.13. The largest absolute Gasteiger partial charge is 0.321 e. The number of hydrogen-bond donors (Lipinski definition) is 1. The molecule has 0 atom stereocenters. The molecule has 23 heavy (non-hydrogen) atoms. The van der Waals surface area contributed by atoms with E-state index in [4.69, 9.17) is 16.9 Å². The molecule has 0 saturated carbocycles. The number of hydrogen-bond acceptors (Lipinski definition) is 4. The van der Waals surface area contributed by atoms with E-state index in [0.717, 1.165) is 0 Å². The molecular weight excluding hydrogens is 318 g/mol. The summed E-state index contributed by atoms with van der Waals surface area (Å²) in [4.78, 5) is 22.3. The number of halogens is 1. The van der Waals surface area contributed by atoms with Crippen LogP contribution < -0.4 is 5.32 Å². The van der Waals surface area contributed by atoms with Crippen molar-refractivity contribution in [3.05, 3.63) is 74.8 Å². The summed E-state index contributed by atoms with van der Waals surface area (Å²) in [6.45, 7) is 0. The molecule has 0 radical (unpaired) electrons. The topological polar surface area (TPSA) is 96.0 Å². The van der Waals surface area contributed by atoms with Gasteiger partial charge in [0.1, 0.15) is 11.6 Å². The van der Waals surface area contributed by atoms with Crippen LogP contribution in [0.5, 0.6) is 0 Å². The van der Waals surface area contributed by atoms with Crippen LogP contribution in [0.1, 0.15) is 5.56 Å². The van der Waals surface area contributed by atoms with Gasteiger partial charge >= 0.3 is 0 Å². The minimum absolute atomic E-state index is 0.119. The summed E-state index contributed by atoms with van der Waals surface area (Å²) in [5, 5.41) is 22.9. The van der Waals surface area contributed by atoms with E-state index in [9.17, 15) is 14.9 Å². The average Bonchev–Trinajstić information content (AvgIpc) is 2.52. The van der Waals surface area contributed by atoms with Gasteiger partial charge in [0.05, 0.1) is 4.92 Å². The van der Waals surface area contributed by atoms with E-state index >= 15 is 0 Å². The number of non-ortho nitro benzene ring substituents is 1. The van der Waals surface area contributed by atoms with Crippen molar-refractivity contribution in [2.24, 2.45) is 0 Å². The fourth-order valence-electron chi connectivity index (χ4n) is 1.81. The smallest absolute Gasteiger partial charge is 0.270 e. The highest BCUT2D eigenvalue weighted by Crippen LogP contribution is 2.18. The third kappa shape index (κ3) is 4.40. The summed E-state index contributed by atoms with van der Waals surface area (Å²) in [7, 11) is 0. The van der Waals surface area contributed by atoms with Gasteiger partial charge in [0.15, 0.2) is 0 Å². The maximum atomic E-state index is 12.1. The van der Waals surface area contributed by atoms with Crippen molar-refractivity contribution in [1.82, 2.24) is 0 Å². The van der Waals surface area contributed by atoms with Crippen LogP contribution in [0.25, 0.3) is 6.08 Å². The molecule has 0 heterocycles. The van der Waals surface area contributed by atoms with E-state index in [-0.39, 0.29) is 11.3 Å². The van der Waals surface area contributed by atoms with Crippen molar-refractivity contribution < 1.29 is 9.72 Å². The van der Waals surface area contributed by atoms with Crippen molar-refractivity contribution >= 4 is 35.0 Å². The molecule has 7 heteroatoms. The Kier molecular flexibility index (Phi) is 5.07. The van der Waals surface area contributed by atoms with Crippen molar-refractivity contribution in [3.63, 3.8) is 0 Å². The second-order valence-corrected chi connectivity index (χ2v) is 4.92. The zero-order valence-corrected chi connectivity index (χ0v) is 12.4. The molecule has 114 valence electrons. The van der Waals surface area contributed by atoms with Gasteiger partial charge in [-0.05, 0) is 29.8 Å². The number of nitrogens with one attached hydrogen (secondary N) is 1. The average molecular weight is 328 g/mol. The lowest BCUT2D eigenvalue weighted by molar-refractivity contribution is -0.384. The van der Waals surface area contributed by atoms with Gasteiger partial charge in [-0.2, -0.15) is 5.26 Å². The number of nitriles is 1. The first-order valence-electron chi connectivity index (χ1n) is 6.43. The highest BCUT2D eigenvalue weighted by molar-refractivity contribution is 6.31. The number of nitro benzene ring substituents is 1. The quantitative estimate of drug-likeness (QED) is 0.400. The number of nitro groups is 1. The minimum atomic E-state index is -0.624. The predicted octanol–water partition coefficient (Wildman–Crippen LogP) is 3.79. The zero-order valence-electron chi connectivity index (χ0n) is 11.7. The van der Waals surface area contributed by atoms with E-state index in [1.807, 2.05) is 0 Å². The number of carbonyl (C=O) groups is 1. The summed E-state index contributed by atoms with van der Waals surface area (Å²) >= 11 is 5.82. The van der Waals surface area contributed by atoms with Crippen LogP contribution in [0.4, 0.5) is 11.4 Å². The second-order valence-electron chi connectivity index (χ2n) is 4.49. The molecule has 1 amide bonds. The van der Waals surface area contributed by atoms with Crippen molar-refractivity contribution in [2.45, 2.75) is 0 Å². The van der Waals surface area contributed by atoms with Crippen LogP contribution in [0, 0.1) is 21.4 Å². The molecule has 2 aromatic rings. The molecule has 0 fully saturated rings. The van der Waals surface area contributed by atoms with E-state index in [0.29, 0.717) is 16.3 Å². The number of rotatable bonds is 4. The Morgan fingerprint density at radius 1 is 1.26 bits per heavy atom. The van der Waals surface area contributed by atoms with E-state index in [2.05, 4.69) is 5.32 Å². The first kappa shape index (κ1) is 16.2. The molecule has 0 unspecified atom stereocenters. The molecule has 0 aliphatic rings. The summed E-state index contributed by atoms with van der Waals surface area (Å²) in [5.74, 6) is -0.624. The Bertz CT molecular complexity index is 840. The van der Waals surface area contributed by atoms with Gasteiger partial charge in [0.2, 0.25) is 0 Å². The lowest BCUT2D eigenvalue weighted by Gasteiger charge is -2.04. The third-order valence-corrected chi connectivity index (χ3v) is 3.07. The monoisotopic (exact) mass is 327 g/mol. The molecule has 0 aliphatic carbocycles. The second kappa shape index (κ2) is 7.20. The van der Waals surface area contributed by atoms with Crippen LogP contribution in [-0.4, -0.2) is 10.8 Å². The molecule has 0 aliphatic heterocycles. The van der Waals surface area contributed by atoms with Gasteiger partial charge in [-0.1, -0.05) is 29.8 Å². The number of amides is 1. The molecule has 1 N–H and O–H groups in total. The summed E-state index contributed by atoms with van der Waals surface area (Å²) in [5.41, 5.74) is 0.538. The van der Waals surface area contributed by atoms with Crippen LogP contribution in [0.3, 0.4) is 0 Å². The van der Waals surface area contributed by atoms with Gasteiger partial charge in [-0.25, -0.2) is 0 Å². The Labute approximate surface area is 136 Å². The van der Waals surface area contributed by atoms with Gasteiger partial charge in [0, 0.05) is 22.8 Å². The maximum absolute atomic E-state index is 12.1. The van der Waals surface area contributed by atoms with Gasteiger partial charge < -0.3 is 5.32 Å². The van der Waals surface area contributed by atoms with Crippen molar-refractivity contribution in [1.29, 1.82) is 5.26 Å². The van der Waals surface area contributed by atoms with Gasteiger partial charge in [0.25, 0.3) is 11.6 Å². The number of nitrogens with zero attached hydrogens (tertiary/aromatic N) is 2. The number of anilines is 1. The van der Waals surface area contributed by atoms with Crippen molar-refractivity contribution in [2.75, 3.05) is 5.32 Å². The standard InChI is InChI=1S/C16H10ClN3O3/c17-13-4-2-5-14(9-13)19-16(21)12(10-18)7-11-3-1-6-15(8-11)20(22)23/h1-9H,(H,19,21)/b12-7+. The Morgan fingerprint density at radius 3 is 2.65 bits per heavy atom.